The molecule has 1 aliphatic rings. The molecule has 118 valence electrons. The summed E-state index contributed by atoms with van der Waals surface area (Å²) in [6, 6.07) is 9.57. The number of ether oxygens (including phenoxy) is 1. The van der Waals surface area contributed by atoms with E-state index >= 15 is 0 Å². The quantitative estimate of drug-likeness (QED) is 0.774. The van der Waals surface area contributed by atoms with Crippen LogP contribution < -0.4 is 10.1 Å². The molecule has 2 nitrogen and oxygen atoms in total. The van der Waals surface area contributed by atoms with E-state index in [1.54, 1.807) is 7.11 Å². The first kappa shape index (κ1) is 16.4. The van der Waals surface area contributed by atoms with Crippen LogP contribution in [0.3, 0.4) is 0 Å². The van der Waals surface area contributed by atoms with E-state index in [1.165, 1.54) is 44.1 Å². The number of hydrogen-bond acceptors (Lipinski definition) is 2. The third-order valence-corrected chi connectivity index (χ3v) is 4.90. The molecule has 1 aromatic carbocycles. The first-order valence-corrected chi connectivity index (χ1v) is 8.60. The third-order valence-electron chi connectivity index (χ3n) is 4.90. The molecule has 0 aromatic heterocycles. The van der Waals surface area contributed by atoms with E-state index < -0.39 is 0 Å². The standard InChI is InChI=1S/C19H31NO/c1-4-16-8-7-10-18(13-12-16)20-15(2)14-17-9-5-6-11-19(17)21-3/h5-6,9,11,15-16,18,20H,4,7-8,10,12-14H2,1-3H3. The Morgan fingerprint density at radius 2 is 2.00 bits per heavy atom. The van der Waals surface area contributed by atoms with Gasteiger partial charge >= 0.3 is 0 Å². The fraction of sp³-hybridized carbons (Fsp3) is 0.684. The highest BCUT2D eigenvalue weighted by atomic mass is 16.5. The zero-order valence-corrected chi connectivity index (χ0v) is 13.9. The highest BCUT2D eigenvalue weighted by molar-refractivity contribution is 5.33. The van der Waals surface area contributed by atoms with Crippen LogP contribution in [0.25, 0.3) is 0 Å². The minimum atomic E-state index is 0.504. The second-order valence-electron chi connectivity index (χ2n) is 6.56. The molecule has 2 heteroatoms. The van der Waals surface area contributed by atoms with Gasteiger partial charge in [-0.1, -0.05) is 44.4 Å². The minimum absolute atomic E-state index is 0.504. The summed E-state index contributed by atoms with van der Waals surface area (Å²) in [5.74, 6) is 1.97. The largest absolute Gasteiger partial charge is 0.496 e. The van der Waals surface area contributed by atoms with Crippen LogP contribution in [0.2, 0.25) is 0 Å². The molecule has 0 radical (unpaired) electrons. The molecule has 0 amide bonds. The van der Waals surface area contributed by atoms with Crippen molar-refractivity contribution in [1.29, 1.82) is 0 Å². The predicted molar refractivity (Wildman–Crippen MR) is 89.9 cm³/mol. The number of rotatable bonds is 6. The maximum absolute atomic E-state index is 5.46. The zero-order chi connectivity index (χ0) is 15.1. The lowest BCUT2D eigenvalue weighted by molar-refractivity contribution is 0.383. The van der Waals surface area contributed by atoms with E-state index in [-0.39, 0.29) is 0 Å². The molecule has 0 bridgehead atoms. The zero-order valence-electron chi connectivity index (χ0n) is 13.9. The summed E-state index contributed by atoms with van der Waals surface area (Å²) in [4.78, 5) is 0. The summed E-state index contributed by atoms with van der Waals surface area (Å²) < 4.78 is 5.46. The summed E-state index contributed by atoms with van der Waals surface area (Å²) in [6.07, 6.45) is 9.28. The predicted octanol–water partition coefficient (Wildman–Crippen LogP) is 4.57. The second kappa shape index (κ2) is 8.43. The highest BCUT2D eigenvalue weighted by Gasteiger charge is 2.19. The van der Waals surface area contributed by atoms with Crippen molar-refractivity contribution in [2.75, 3.05) is 7.11 Å². The van der Waals surface area contributed by atoms with Crippen molar-refractivity contribution >= 4 is 0 Å². The van der Waals surface area contributed by atoms with Crippen LogP contribution in [0.4, 0.5) is 0 Å². The Hall–Kier alpha value is -1.02. The lowest BCUT2D eigenvalue weighted by atomic mass is 9.97. The van der Waals surface area contributed by atoms with E-state index in [4.69, 9.17) is 4.74 Å². The molecule has 0 spiro atoms. The van der Waals surface area contributed by atoms with Crippen molar-refractivity contribution in [3.63, 3.8) is 0 Å². The molecule has 1 N–H and O–H groups in total. The van der Waals surface area contributed by atoms with Crippen molar-refractivity contribution in [2.24, 2.45) is 5.92 Å². The maximum atomic E-state index is 5.46. The molecule has 2 rings (SSSR count). The van der Waals surface area contributed by atoms with E-state index in [9.17, 15) is 0 Å². The Balaban J connectivity index is 1.85. The van der Waals surface area contributed by atoms with E-state index in [0.29, 0.717) is 12.1 Å². The van der Waals surface area contributed by atoms with E-state index in [0.717, 1.165) is 18.1 Å². The van der Waals surface area contributed by atoms with Crippen LogP contribution in [-0.2, 0) is 6.42 Å². The van der Waals surface area contributed by atoms with Gasteiger partial charge in [-0.25, -0.2) is 0 Å². The molecule has 0 saturated heterocycles. The molecular weight excluding hydrogens is 258 g/mol. The normalized spacial score (nSPS) is 24.3. The topological polar surface area (TPSA) is 21.3 Å². The van der Waals surface area contributed by atoms with Crippen LogP contribution in [0.5, 0.6) is 5.75 Å². The van der Waals surface area contributed by atoms with Gasteiger partial charge in [0.2, 0.25) is 0 Å². The van der Waals surface area contributed by atoms with Gasteiger partial charge in [-0.2, -0.15) is 0 Å². The molecule has 0 aliphatic heterocycles. The Bertz CT molecular complexity index is 418. The van der Waals surface area contributed by atoms with Gasteiger partial charge in [0.25, 0.3) is 0 Å². The van der Waals surface area contributed by atoms with Gasteiger partial charge in [-0.3, -0.25) is 0 Å². The van der Waals surface area contributed by atoms with Crippen molar-refractivity contribution < 1.29 is 4.74 Å². The fourth-order valence-corrected chi connectivity index (χ4v) is 3.62. The number of nitrogens with one attached hydrogen (secondary N) is 1. The van der Waals surface area contributed by atoms with Gasteiger partial charge < -0.3 is 10.1 Å². The van der Waals surface area contributed by atoms with Crippen molar-refractivity contribution in [2.45, 2.75) is 70.9 Å². The van der Waals surface area contributed by atoms with Gasteiger partial charge in [0, 0.05) is 12.1 Å². The summed E-state index contributed by atoms with van der Waals surface area (Å²) in [6.45, 7) is 4.64. The Kier molecular flexibility index (Phi) is 6.56. The van der Waals surface area contributed by atoms with Gasteiger partial charge in [0.05, 0.1) is 7.11 Å². The van der Waals surface area contributed by atoms with Gasteiger partial charge in [0.15, 0.2) is 0 Å². The lowest BCUT2D eigenvalue weighted by Gasteiger charge is -2.23. The second-order valence-corrected chi connectivity index (χ2v) is 6.56. The third kappa shape index (κ3) is 5.03. The average Bonchev–Trinajstić information content (AvgIpc) is 2.73. The minimum Gasteiger partial charge on any atom is -0.496 e. The molecule has 21 heavy (non-hydrogen) atoms. The van der Waals surface area contributed by atoms with Gasteiger partial charge in [-0.15, -0.1) is 0 Å². The van der Waals surface area contributed by atoms with Crippen LogP contribution in [0.1, 0.15) is 57.9 Å². The first-order chi connectivity index (χ1) is 10.2. The Morgan fingerprint density at radius 3 is 2.76 bits per heavy atom. The van der Waals surface area contributed by atoms with Crippen LogP contribution in [-0.4, -0.2) is 19.2 Å². The summed E-state index contributed by atoms with van der Waals surface area (Å²) >= 11 is 0. The molecule has 3 atom stereocenters. The van der Waals surface area contributed by atoms with Gasteiger partial charge in [0.1, 0.15) is 5.75 Å². The smallest absolute Gasteiger partial charge is 0.122 e. The maximum Gasteiger partial charge on any atom is 0.122 e. The van der Waals surface area contributed by atoms with Crippen LogP contribution in [0.15, 0.2) is 24.3 Å². The number of para-hydroxylation sites is 1. The first-order valence-electron chi connectivity index (χ1n) is 8.60. The Labute approximate surface area is 130 Å². The van der Waals surface area contributed by atoms with Gasteiger partial charge in [-0.05, 0) is 50.2 Å². The lowest BCUT2D eigenvalue weighted by Crippen LogP contribution is -2.37. The SMILES string of the molecule is CCC1CCCC(NC(C)Cc2ccccc2OC)CC1. The summed E-state index contributed by atoms with van der Waals surface area (Å²) in [5.41, 5.74) is 1.31. The molecule has 3 unspecified atom stereocenters. The molecular formula is C19H31NO. The monoisotopic (exact) mass is 289 g/mol. The average molecular weight is 289 g/mol. The highest BCUT2D eigenvalue weighted by Crippen LogP contribution is 2.26. The number of methoxy groups -OCH3 is 1. The molecule has 0 heterocycles. The fourth-order valence-electron chi connectivity index (χ4n) is 3.62. The molecule has 1 saturated carbocycles. The van der Waals surface area contributed by atoms with E-state index in [1.807, 2.05) is 6.07 Å². The van der Waals surface area contributed by atoms with Crippen LogP contribution in [0, 0.1) is 5.92 Å². The van der Waals surface area contributed by atoms with Crippen LogP contribution >= 0.6 is 0 Å². The van der Waals surface area contributed by atoms with E-state index in [2.05, 4.69) is 37.4 Å². The molecule has 1 aromatic rings. The van der Waals surface area contributed by atoms with Crippen molar-refractivity contribution in [1.82, 2.24) is 5.32 Å². The molecule has 1 fully saturated rings. The summed E-state index contributed by atoms with van der Waals surface area (Å²) in [5, 5.41) is 3.85. The van der Waals surface area contributed by atoms with Crippen molar-refractivity contribution in [3.05, 3.63) is 29.8 Å². The number of benzene rings is 1. The summed E-state index contributed by atoms with van der Waals surface area (Å²) in [7, 11) is 1.76. The van der Waals surface area contributed by atoms with Crippen molar-refractivity contribution in [3.8, 4) is 5.75 Å². The molecule has 1 aliphatic carbocycles. The number of hydrogen-bond donors (Lipinski definition) is 1. The Morgan fingerprint density at radius 1 is 1.19 bits per heavy atom.